The number of aliphatic hydroxyl groups is 1. The summed E-state index contributed by atoms with van der Waals surface area (Å²) in [6.07, 6.45) is 1.13. The minimum absolute atomic E-state index is 0.00938. The van der Waals surface area contributed by atoms with Crippen LogP contribution in [0.3, 0.4) is 0 Å². The van der Waals surface area contributed by atoms with Crippen LogP contribution in [0.5, 0.6) is 0 Å². The van der Waals surface area contributed by atoms with Gasteiger partial charge in [0, 0.05) is 6.42 Å². The van der Waals surface area contributed by atoms with Crippen LogP contribution in [-0.4, -0.2) is 77.1 Å². The fourth-order valence-electron chi connectivity index (χ4n) is 2.71. The number of unbranched alkanes of at least 4 members (excludes halogenated alkanes) is 1. The smallest absolute Gasteiger partial charge is 0.328 e. The van der Waals surface area contributed by atoms with Gasteiger partial charge in [-0.05, 0) is 38.1 Å². The lowest BCUT2D eigenvalue weighted by Crippen LogP contribution is -2.58. The van der Waals surface area contributed by atoms with Crippen molar-refractivity contribution in [3.63, 3.8) is 0 Å². The van der Waals surface area contributed by atoms with Crippen LogP contribution in [-0.2, 0) is 24.0 Å². The molecule has 0 bridgehead atoms. The van der Waals surface area contributed by atoms with Crippen molar-refractivity contribution in [3.05, 3.63) is 0 Å². The maximum Gasteiger partial charge on any atom is 0.328 e. The summed E-state index contributed by atoms with van der Waals surface area (Å²) >= 11 is 0. The number of hydrogen-bond donors (Lipinski definition) is 8. The summed E-state index contributed by atoms with van der Waals surface area (Å²) in [6, 6.07) is -4.73. The Morgan fingerprint density at radius 2 is 1.47 bits per heavy atom. The zero-order valence-corrected chi connectivity index (χ0v) is 18.5. The van der Waals surface area contributed by atoms with Crippen LogP contribution in [0, 0.1) is 5.92 Å². The van der Waals surface area contributed by atoms with Crippen molar-refractivity contribution >= 4 is 29.6 Å². The lowest BCUT2D eigenvalue weighted by Gasteiger charge is -2.27. The van der Waals surface area contributed by atoms with E-state index in [2.05, 4.69) is 16.0 Å². The summed E-state index contributed by atoms with van der Waals surface area (Å²) in [4.78, 5) is 59.6. The number of primary amides is 1. The van der Waals surface area contributed by atoms with E-state index in [0.29, 0.717) is 19.4 Å². The number of aliphatic hydroxyl groups excluding tert-OH is 1. The number of carboxylic acid groups (broad SMARTS) is 1. The van der Waals surface area contributed by atoms with Crippen molar-refractivity contribution in [2.24, 2.45) is 23.1 Å². The Morgan fingerprint density at radius 3 is 1.94 bits per heavy atom. The molecule has 32 heavy (non-hydrogen) atoms. The summed E-state index contributed by atoms with van der Waals surface area (Å²) in [5.74, 6) is -4.52. The van der Waals surface area contributed by atoms with Gasteiger partial charge in [-0.3, -0.25) is 19.2 Å². The van der Waals surface area contributed by atoms with Gasteiger partial charge >= 0.3 is 5.97 Å². The van der Waals surface area contributed by atoms with E-state index in [1.807, 2.05) is 0 Å². The second-order valence-electron chi connectivity index (χ2n) is 7.77. The molecule has 0 aliphatic carbocycles. The molecular formula is C19H36N6O7. The van der Waals surface area contributed by atoms with Gasteiger partial charge in [-0.1, -0.05) is 13.8 Å². The first-order valence-corrected chi connectivity index (χ1v) is 10.4. The Hall–Kier alpha value is -2.77. The molecule has 13 heteroatoms. The Balaban J connectivity index is 5.30. The first kappa shape index (κ1) is 29.2. The zero-order chi connectivity index (χ0) is 24.8. The van der Waals surface area contributed by atoms with Gasteiger partial charge in [-0.2, -0.15) is 0 Å². The third-order valence-electron chi connectivity index (χ3n) is 4.66. The third-order valence-corrected chi connectivity index (χ3v) is 4.66. The van der Waals surface area contributed by atoms with E-state index in [-0.39, 0.29) is 25.2 Å². The highest BCUT2D eigenvalue weighted by Gasteiger charge is 2.31. The van der Waals surface area contributed by atoms with Crippen LogP contribution in [0.1, 0.15) is 46.0 Å². The van der Waals surface area contributed by atoms with Gasteiger partial charge in [0.25, 0.3) is 0 Å². The number of nitrogens with one attached hydrogen (secondary N) is 3. The number of amides is 4. The lowest BCUT2D eigenvalue weighted by atomic mass is 10.0. The molecule has 0 radical (unpaired) electrons. The molecule has 4 unspecified atom stereocenters. The quantitative estimate of drug-likeness (QED) is 0.109. The number of aliphatic carboxylic acids is 1. The van der Waals surface area contributed by atoms with E-state index in [9.17, 15) is 24.0 Å². The van der Waals surface area contributed by atoms with Gasteiger partial charge < -0.3 is 43.4 Å². The van der Waals surface area contributed by atoms with Crippen molar-refractivity contribution in [1.82, 2.24) is 16.0 Å². The Morgan fingerprint density at radius 1 is 0.875 bits per heavy atom. The number of carbonyl (C=O) groups excluding carboxylic acids is 4. The number of nitrogens with two attached hydrogens (primary N) is 3. The monoisotopic (exact) mass is 460 g/mol. The van der Waals surface area contributed by atoms with Crippen molar-refractivity contribution in [1.29, 1.82) is 0 Å². The summed E-state index contributed by atoms with van der Waals surface area (Å²) in [5.41, 5.74) is 16.2. The highest BCUT2D eigenvalue weighted by atomic mass is 16.4. The Bertz CT molecular complexity index is 658. The van der Waals surface area contributed by atoms with Gasteiger partial charge in [0.1, 0.15) is 18.1 Å². The third kappa shape index (κ3) is 11.0. The molecule has 0 aromatic rings. The van der Waals surface area contributed by atoms with Gasteiger partial charge in [0.2, 0.25) is 23.6 Å². The summed E-state index contributed by atoms with van der Waals surface area (Å²) in [6.45, 7) is 2.90. The molecule has 13 nitrogen and oxygen atoms in total. The molecule has 0 aliphatic heterocycles. The minimum Gasteiger partial charge on any atom is -0.480 e. The van der Waals surface area contributed by atoms with E-state index >= 15 is 0 Å². The fraction of sp³-hybridized carbons (Fsp3) is 0.737. The molecule has 0 aromatic heterocycles. The maximum atomic E-state index is 12.8. The van der Waals surface area contributed by atoms with E-state index in [0.717, 1.165) is 0 Å². The highest BCUT2D eigenvalue weighted by molar-refractivity contribution is 5.94. The van der Waals surface area contributed by atoms with E-state index in [4.69, 9.17) is 27.4 Å². The van der Waals surface area contributed by atoms with Crippen LogP contribution in [0.15, 0.2) is 0 Å². The summed E-state index contributed by atoms with van der Waals surface area (Å²) in [5, 5.41) is 25.3. The van der Waals surface area contributed by atoms with Crippen molar-refractivity contribution in [2.45, 2.75) is 70.1 Å². The van der Waals surface area contributed by atoms with Crippen LogP contribution < -0.4 is 33.2 Å². The molecule has 0 saturated heterocycles. The predicted molar refractivity (Wildman–Crippen MR) is 115 cm³/mol. The summed E-state index contributed by atoms with van der Waals surface area (Å²) < 4.78 is 0. The summed E-state index contributed by atoms with van der Waals surface area (Å²) in [7, 11) is 0. The molecule has 4 amide bonds. The largest absolute Gasteiger partial charge is 0.480 e. The number of rotatable bonds is 16. The number of hydrogen-bond acceptors (Lipinski definition) is 8. The SMILES string of the molecule is CC(C)C(NC(=O)C(N)CCC(N)=O)C(=O)NC(CCCCN)C(=O)NC(CO)C(=O)O. The van der Waals surface area contributed by atoms with Crippen molar-refractivity contribution < 1.29 is 34.2 Å². The molecule has 0 aliphatic rings. The average molecular weight is 461 g/mol. The standard InChI is InChI=1S/C19H36N6O7/c1-10(2)15(25-16(28)11(21)6-7-14(22)27)18(30)23-12(5-3-4-8-20)17(29)24-13(9-26)19(31)32/h10-13,15,26H,3-9,20-21H2,1-2H3,(H2,22,27)(H,23,30)(H,24,29)(H,25,28)(H,31,32). The second kappa shape index (κ2) is 15.1. The molecule has 0 spiro atoms. The van der Waals surface area contributed by atoms with Gasteiger partial charge in [0.15, 0.2) is 0 Å². The van der Waals surface area contributed by atoms with Crippen LogP contribution in [0.4, 0.5) is 0 Å². The highest BCUT2D eigenvalue weighted by Crippen LogP contribution is 2.07. The van der Waals surface area contributed by atoms with E-state index in [1.54, 1.807) is 13.8 Å². The normalized spacial score (nSPS) is 14.7. The van der Waals surface area contributed by atoms with Crippen molar-refractivity contribution in [2.75, 3.05) is 13.2 Å². The van der Waals surface area contributed by atoms with Gasteiger partial charge in [-0.15, -0.1) is 0 Å². The first-order valence-electron chi connectivity index (χ1n) is 10.4. The maximum absolute atomic E-state index is 12.8. The molecule has 4 atom stereocenters. The molecule has 0 rings (SSSR count). The molecule has 0 aromatic carbocycles. The number of carboxylic acids is 1. The minimum atomic E-state index is -1.53. The van der Waals surface area contributed by atoms with Crippen molar-refractivity contribution in [3.8, 4) is 0 Å². The fourth-order valence-corrected chi connectivity index (χ4v) is 2.71. The van der Waals surface area contributed by atoms with Crippen LogP contribution in [0.2, 0.25) is 0 Å². The Labute approximate surface area is 186 Å². The molecule has 0 saturated carbocycles. The molecular weight excluding hydrogens is 424 g/mol. The number of carbonyl (C=O) groups is 5. The zero-order valence-electron chi connectivity index (χ0n) is 18.5. The average Bonchev–Trinajstić information content (AvgIpc) is 2.72. The topological polar surface area (TPSA) is 240 Å². The molecule has 0 heterocycles. The van der Waals surface area contributed by atoms with Crippen LogP contribution in [0.25, 0.3) is 0 Å². The second-order valence-corrected chi connectivity index (χ2v) is 7.77. The van der Waals surface area contributed by atoms with Crippen LogP contribution >= 0.6 is 0 Å². The predicted octanol–water partition coefficient (Wildman–Crippen LogP) is -3.10. The van der Waals surface area contributed by atoms with Gasteiger partial charge in [0.05, 0.1) is 12.6 Å². The van der Waals surface area contributed by atoms with E-state index < -0.39 is 60.4 Å². The molecule has 0 fully saturated rings. The Kier molecular flexibility index (Phi) is 13.8. The molecule has 184 valence electrons. The first-order chi connectivity index (χ1) is 14.9. The van der Waals surface area contributed by atoms with Gasteiger partial charge in [-0.25, -0.2) is 4.79 Å². The molecule has 11 N–H and O–H groups in total. The lowest BCUT2D eigenvalue weighted by molar-refractivity contribution is -0.143. The van der Waals surface area contributed by atoms with E-state index in [1.165, 1.54) is 0 Å².